The van der Waals surface area contributed by atoms with Gasteiger partial charge >= 0.3 is 0 Å². The van der Waals surface area contributed by atoms with Crippen LogP contribution in [-0.2, 0) is 37.2 Å². The van der Waals surface area contributed by atoms with Crippen LogP contribution in [0.1, 0.15) is 11.1 Å². The van der Waals surface area contributed by atoms with E-state index >= 15 is 0 Å². The smallest absolute Gasteiger partial charge is 0.253 e. The molecule has 3 rings (SSSR count). The number of nitrogens with zero attached hydrogens (tertiary/aromatic N) is 5. The van der Waals surface area contributed by atoms with Crippen molar-refractivity contribution < 1.29 is 8.42 Å². The van der Waals surface area contributed by atoms with Crippen LogP contribution >= 0.6 is 11.3 Å². The summed E-state index contributed by atoms with van der Waals surface area (Å²) in [5.74, 6) is 0. The van der Waals surface area contributed by atoms with Gasteiger partial charge in [0.2, 0.25) is 0 Å². The number of aromatic nitrogens is 4. The van der Waals surface area contributed by atoms with Crippen molar-refractivity contribution >= 4 is 21.4 Å². The Hall–Kier alpha value is -1.97. The van der Waals surface area contributed by atoms with Gasteiger partial charge in [0.05, 0.1) is 12.4 Å². The fourth-order valence-corrected chi connectivity index (χ4v) is 4.84. The Bertz CT molecular complexity index is 838. The molecule has 0 radical (unpaired) electrons. The molecule has 122 valence electrons. The topological polar surface area (TPSA) is 73.0 Å². The van der Waals surface area contributed by atoms with Crippen molar-refractivity contribution in [3.05, 3.63) is 53.4 Å². The van der Waals surface area contributed by atoms with Gasteiger partial charge in [-0.15, -0.1) is 11.3 Å². The van der Waals surface area contributed by atoms with Crippen LogP contribution < -0.4 is 0 Å². The molecule has 0 saturated carbocycles. The van der Waals surface area contributed by atoms with E-state index < -0.39 is 10.0 Å². The summed E-state index contributed by atoms with van der Waals surface area (Å²) >= 11 is 1.22. The highest BCUT2D eigenvalue weighted by Gasteiger charge is 2.26. The lowest BCUT2D eigenvalue weighted by atomic mass is 10.3. The lowest BCUT2D eigenvalue weighted by Crippen LogP contribution is -2.29. The molecule has 0 spiro atoms. The zero-order chi connectivity index (χ0) is 16.4. The van der Waals surface area contributed by atoms with Gasteiger partial charge in [-0.25, -0.2) is 8.42 Å². The zero-order valence-electron chi connectivity index (χ0n) is 12.8. The first kappa shape index (κ1) is 15.9. The molecule has 0 fully saturated rings. The van der Waals surface area contributed by atoms with E-state index in [2.05, 4.69) is 10.2 Å². The molecule has 7 nitrogen and oxygen atoms in total. The lowest BCUT2D eigenvalue weighted by molar-refractivity contribution is 0.402. The van der Waals surface area contributed by atoms with Gasteiger partial charge in [0.1, 0.15) is 4.21 Å². The summed E-state index contributed by atoms with van der Waals surface area (Å²) in [7, 11) is 0.0587. The quantitative estimate of drug-likeness (QED) is 0.676. The van der Waals surface area contributed by atoms with Crippen LogP contribution in [0.15, 0.2) is 46.5 Å². The minimum Gasteiger partial charge on any atom is -0.275 e. The van der Waals surface area contributed by atoms with Crippen LogP contribution in [0.2, 0.25) is 0 Å². The number of rotatable bonds is 6. The Labute approximate surface area is 138 Å². The highest BCUT2D eigenvalue weighted by molar-refractivity contribution is 7.91. The van der Waals surface area contributed by atoms with Crippen LogP contribution in [0.4, 0.5) is 0 Å². The second-order valence-corrected chi connectivity index (χ2v) is 8.36. The summed E-state index contributed by atoms with van der Waals surface area (Å²) in [5.41, 5.74) is 1.69. The fraction of sp³-hybridized carbons (Fsp3) is 0.286. The monoisotopic (exact) mass is 351 g/mol. The Morgan fingerprint density at radius 3 is 2.04 bits per heavy atom. The maximum Gasteiger partial charge on any atom is 0.253 e. The Morgan fingerprint density at radius 1 is 1.09 bits per heavy atom. The molecule has 3 aromatic rings. The molecule has 3 heterocycles. The van der Waals surface area contributed by atoms with Crippen LogP contribution in [0.3, 0.4) is 0 Å². The first-order valence-corrected chi connectivity index (χ1v) is 9.26. The zero-order valence-corrected chi connectivity index (χ0v) is 14.5. The van der Waals surface area contributed by atoms with Crippen molar-refractivity contribution in [1.82, 2.24) is 23.9 Å². The minimum atomic E-state index is -3.56. The van der Waals surface area contributed by atoms with Gasteiger partial charge in [-0.3, -0.25) is 9.36 Å². The number of hydrogen-bond acceptors (Lipinski definition) is 5. The Kier molecular flexibility index (Phi) is 4.33. The largest absolute Gasteiger partial charge is 0.275 e. The number of aryl methyl sites for hydroxylation is 2. The number of thiophene rings is 1. The lowest BCUT2D eigenvalue weighted by Gasteiger charge is -2.20. The van der Waals surface area contributed by atoms with E-state index in [0.29, 0.717) is 4.21 Å². The highest BCUT2D eigenvalue weighted by Crippen LogP contribution is 2.24. The molecule has 0 aliphatic heterocycles. The van der Waals surface area contributed by atoms with Crippen LogP contribution in [0.25, 0.3) is 0 Å². The first-order valence-electron chi connectivity index (χ1n) is 6.94. The van der Waals surface area contributed by atoms with Gasteiger partial charge in [0.15, 0.2) is 0 Å². The van der Waals surface area contributed by atoms with E-state index in [4.69, 9.17) is 0 Å². The van der Waals surface area contributed by atoms with Crippen molar-refractivity contribution in [2.24, 2.45) is 14.1 Å². The normalized spacial score (nSPS) is 12.1. The molecular formula is C14H17N5O2S2. The van der Waals surface area contributed by atoms with E-state index in [1.807, 2.05) is 26.5 Å². The maximum absolute atomic E-state index is 12.9. The van der Waals surface area contributed by atoms with Gasteiger partial charge in [-0.1, -0.05) is 6.07 Å². The second-order valence-electron chi connectivity index (χ2n) is 5.25. The summed E-state index contributed by atoms with van der Waals surface area (Å²) in [6.45, 7) is 0.534. The van der Waals surface area contributed by atoms with Crippen LogP contribution in [0, 0.1) is 0 Å². The molecule has 0 aliphatic carbocycles. The molecule has 0 amide bonds. The van der Waals surface area contributed by atoms with Crippen LogP contribution in [-0.4, -0.2) is 32.3 Å². The highest BCUT2D eigenvalue weighted by atomic mass is 32.2. The van der Waals surface area contributed by atoms with Gasteiger partial charge in [-0.2, -0.15) is 14.5 Å². The summed E-state index contributed by atoms with van der Waals surface area (Å²) in [4.78, 5) is 0. The third kappa shape index (κ3) is 3.52. The maximum atomic E-state index is 12.9. The molecule has 3 aromatic heterocycles. The molecule has 9 heteroatoms. The first-order chi connectivity index (χ1) is 10.9. The van der Waals surface area contributed by atoms with Gasteiger partial charge in [0, 0.05) is 50.7 Å². The summed E-state index contributed by atoms with van der Waals surface area (Å²) in [6.07, 6.45) is 7.00. The van der Waals surface area contributed by atoms with E-state index in [1.54, 1.807) is 39.3 Å². The molecule has 0 atom stereocenters. The predicted molar refractivity (Wildman–Crippen MR) is 87.2 cm³/mol. The predicted octanol–water partition coefficient (Wildman–Crippen LogP) is 1.61. The van der Waals surface area contributed by atoms with Crippen molar-refractivity contribution in [3.8, 4) is 0 Å². The molecule has 23 heavy (non-hydrogen) atoms. The van der Waals surface area contributed by atoms with E-state index in [0.717, 1.165) is 11.1 Å². The Morgan fingerprint density at radius 2 is 1.65 bits per heavy atom. The summed E-state index contributed by atoms with van der Waals surface area (Å²) in [6, 6.07) is 3.36. The molecule has 0 aromatic carbocycles. The molecule has 0 N–H and O–H groups in total. The molecule has 0 unspecified atom stereocenters. The SMILES string of the molecule is Cn1cc(CN(Cc2cnn(C)c2)S(=O)(=O)c2cccs2)cn1. The van der Waals surface area contributed by atoms with E-state index in [9.17, 15) is 8.42 Å². The Balaban J connectivity index is 1.92. The molecule has 0 aliphatic rings. The van der Waals surface area contributed by atoms with E-state index in [-0.39, 0.29) is 13.1 Å². The van der Waals surface area contributed by atoms with Crippen molar-refractivity contribution in [2.45, 2.75) is 17.3 Å². The standard InChI is InChI=1S/C14H17N5O2S2/c1-17-8-12(6-15-17)10-19(11-13-7-16-18(2)9-13)23(20,21)14-4-3-5-22-14/h3-9H,10-11H2,1-2H3. The number of hydrogen-bond donors (Lipinski definition) is 0. The average molecular weight is 351 g/mol. The van der Waals surface area contributed by atoms with Crippen molar-refractivity contribution in [1.29, 1.82) is 0 Å². The number of sulfonamides is 1. The fourth-order valence-electron chi connectivity index (χ4n) is 2.28. The third-order valence-corrected chi connectivity index (χ3v) is 6.49. The molecule has 0 bridgehead atoms. The summed E-state index contributed by atoms with van der Waals surface area (Å²) < 4.78 is 30.9. The minimum absolute atomic E-state index is 0.267. The molecular weight excluding hydrogens is 334 g/mol. The van der Waals surface area contributed by atoms with Gasteiger partial charge in [-0.05, 0) is 11.4 Å². The van der Waals surface area contributed by atoms with Gasteiger partial charge in [0.25, 0.3) is 10.0 Å². The summed E-state index contributed by atoms with van der Waals surface area (Å²) in [5, 5.41) is 9.98. The molecule has 0 saturated heterocycles. The van der Waals surface area contributed by atoms with Crippen molar-refractivity contribution in [2.75, 3.05) is 0 Å². The third-order valence-electron chi connectivity index (χ3n) is 3.32. The second kappa shape index (κ2) is 6.26. The van der Waals surface area contributed by atoms with Gasteiger partial charge < -0.3 is 0 Å². The van der Waals surface area contributed by atoms with Crippen LogP contribution in [0.5, 0.6) is 0 Å². The van der Waals surface area contributed by atoms with E-state index in [1.165, 1.54) is 15.6 Å². The average Bonchev–Trinajstić information content (AvgIpc) is 3.21. The van der Waals surface area contributed by atoms with Crippen molar-refractivity contribution in [3.63, 3.8) is 0 Å².